The molecule has 1 aliphatic rings. The van der Waals surface area contributed by atoms with Gasteiger partial charge in [0, 0.05) is 26.2 Å². The molecule has 0 unspecified atom stereocenters. The molecule has 180 valence electrons. The van der Waals surface area contributed by atoms with Crippen LogP contribution in [0.2, 0.25) is 0 Å². The summed E-state index contributed by atoms with van der Waals surface area (Å²) < 4.78 is 42.6. The molecule has 0 amide bonds. The van der Waals surface area contributed by atoms with Crippen LogP contribution in [0.15, 0.2) is 33.9 Å². The summed E-state index contributed by atoms with van der Waals surface area (Å²) in [7, 11) is 1.52. The van der Waals surface area contributed by atoms with E-state index in [2.05, 4.69) is 16.8 Å². The van der Waals surface area contributed by atoms with Crippen molar-refractivity contribution in [3.05, 3.63) is 56.2 Å². The van der Waals surface area contributed by atoms with E-state index in [1.165, 1.54) is 23.7 Å². The fourth-order valence-corrected chi connectivity index (χ4v) is 4.22. The molecule has 3 aromatic rings. The smallest absolute Gasteiger partial charge is 0.341 e. The SMILES string of the molecule is CC#CCn1c(N2CCC[C@@H](N)C2)nc2c1c(=O)n(Cc1ccc(C(F)(F)F)cc1)c(=O)n2C. The largest absolute Gasteiger partial charge is 0.416 e. The molecule has 34 heavy (non-hydrogen) atoms. The first kappa shape index (κ1) is 23.6. The standard InChI is InChI=1S/C23H25F3N6O2/c1-3-4-12-31-18-19(28-21(31)30-11-5-6-17(27)14-30)29(2)22(34)32(20(18)33)13-15-7-9-16(10-8-15)23(24,25)26/h7-10,17H,5-6,11-14,27H2,1-2H3/t17-/m1/s1. The molecule has 1 saturated heterocycles. The second-order valence-electron chi connectivity index (χ2n) is 8.37. The zero-order valence-corrected chi connectivity index (χ0v) is 18.9. The monoisotopic (exact) mass is 474 g/mol. The Kier molecular flexibility index (Phi) is 6.27. The van der Waals surface area contributed by atoms with Crippen LogP contribution >= 0.6 is 0 Å². The fraction of sp³-hybridized carbons (Fsp3) is 0.435. The van der Waals surface area contributed by atoms with Gasteiger partial charge in [-0.3, -0.25) is 18.5 Å². The van der Waals surface area contributed by atoms with Crippen LogP contribution in [0.3, 0.4) is 0 Å². The number of rotatable bonds is 4. The molecular weight excluding hydrogens is 449 g/mol. The molecule has 0 saturated carbocycles. The molecule has 0 spiro atoms. The number of alkyl halides is 3. The van der Waals surface area contributed by atoms with Gasteiger partial charge in [-0.15, -0.1) is 5.92 Å². The summed E-state index contributed by atoms with van der Waals surface area (Å²) in [5.41, 5.74) is 5.00. The lowest BCUT2D eigenvalue weighted by Crippen LogP contribution is -2.44. The second-order valence-corrected chi connectivity index (χ2v) is 8.37. The van der Waals surface area contributed by atoms with E-state index in [1.807, 2.05) is 4.90 Å². The Bertz CT molecular complexity index is 1390. The van der Waals surface area contributed by atoms with Crippen LogP contribution in [0, 0.1) is 11.8 Å². The van der Waals surface area contributed by atoms with E-state index in [1.54, 1.807) is 11.5 Å². The number of nitrogens with zero attached hydrogens (tertiary/aromatic N) is 5. The molecule has 1 aliphatic heterocycles. The Hall–Kier alpha value is -3.52. The van der Waals surface area contributed by atoms with Gasteiger partial charge < -0.3 is 10.6 Å². The van der Waals surface area contributed by atoms with Gasteiger partial charge in [-0.1, -0.05) is 18.1 Å². The Balaban J connectivity index is 1.85. The minimum Gasteiger partial charge on any atom is -0.341 e. The summed E-state index contributed by atoms with van der Waals surface area (Å²) >= 11 is 0. The summed E-state index contributed by atoms with van der Waals surface area (Å²) in [4.78, 5) is 33.1. The van der Waals surface area contributed by atoms with Gasteiger partial charge in [0.15, 0.2) is 11.2 Å². The van der Waals surface area contributed by atoms with Crippen molar-refractivity contribution in [1.29, 1.82) is 0 Å². The number of piperidine rings is 1. The number of fused-ring (bicyclic) bond motifs is 1. The van der Waals surface area contributed by atoms with Crippen molar-refractivity contribution in [2.75, 3.05) is 18.0 Å². The molecule has 11 heteroatoms. The van der Waals surface area contributed by atoms with Crippen LogP contribution in [0.25, 0.3) is 11.2 Å². The van der Waals surface area contributed by atoms with E-state index in [4.69, 9.17) is 5.73 Å². The van der Waals surface area contributed by atoms with Crippen molar-refractivity contribution >= 4 is 17.1 Å². The van der Waals surface area contributed by atoms with Crippen LogP contribution in [0.1, 0.15) is 30.9 Å². The van der Waals surface area contributed by atoms with E-state index in [0.29, 0.717) is 24.6 Å². The Morgan fingerprint density at radius 1 is 1.18 bits per heavy atom. The van der Waals surface area contributed by atoms with Gasteiger partial charge in [0.2, 0.25) is 5.95 Å². The number of hydrogen-bond donors (Lipinski definition) is 1. The third-order valence-electron chi connectivity index (χ3n) is 5.99. The average molecular weight is 474 g/mol. The number of aryl methyl sites for hydroxylation is 1. The maximum Gasteiger partial charge on any atom is 0.416 e. The number of benzene rings is 1. The zero-order valence-electron chi connectivity index (χ0n) is 18.9. The topological polar surface area (TPSA) is 91.1 Å². The summed E-state index contributed by atoms with van der Waals surface area (Å²) in [6.07, 6.45) is -2.70. The third kappa shape index (κ3) is 4.33. The minimum absolute atomic E-state index is 0.0283. The van der Waals surface area contributed by atoms with Gasteiger partial charge in [0.25, 0.3) is 5.56 Å². The first-order valence-corrected chi connectivity index (χ1v) is 10.9. The molecule has 3 heterocycles. The van der Waals surface area contributed by atoms with Crippen LogP contribution in [0.4, 0.5) is 19.1 Å². The maximum atomic E-state index is 13.5. The molecule has 2 aromatic heterocycles. The van der Waals surface area contributed by atoms with E-state index in [0.717, 1.165) is 29.5 Å². The van der Waals surface area contributed by atoms with Gasteiger partial charge in [0.1, 0.15) is 0 Å². The molecule has 1 atom stereocenters. The Labute approximate surface area is 193 Å². The average Bonchev–Trinajstić information content (AvgIpc) is 3.18. The molecule has 2 N–H and O–H groups in total. The first-order chi connectivity index (χ1) is 16.1. The highest BCUT2D eigenvalue weighted by atomic mass is 19.4. The normalized spacial score (nSPS) is 16.5. The van der Waals surface area contributed by atoms with Crippen LogP contribution in [0.5, 0.6) is 0 Å². The number of halogens is 3. The number of aromatic nitrogens is 4. The molecule has 0 radical (unpaired) electrons. The summed E-state index contributed by atoms with van der Waals surface area (Å²) in [5, 5.41) is 0. The van der Waals surface area contributed by atoms with Crippen molar-refractivity contribution in [2.24, 2.45) is 12.8 Å². The minimum atomic E-state index is -4.47. The predicted octanol–water partition coefficient (Wildman–Crippen LogP) is 1.91. The third-order valence-corrected chi connectivity index (χ3v) is 5.99. The lowest BCUT2D eigenvalue weighted by Gasteiger charge is -2.31. The summed E-state index contributed by atoms with van der Waals surface area (Å²) in [6.45, 7) is 2.99. The van der Waals surface area contributed by atoms with Crippen molar-refractivity contribution in [1.82, 2.24) is 18.7 Å². The molecule has 8 nitrogen and oxygen atoms in total. The molecule has 4 rings (SSSR count). The molecular formula is C23H25F3N6O2. The van der Waals surface area contributed by atoms with Gasteiger partial charge in [-0.05, 0) is 37.5 Å². The van der Waals surface area contributed by atoms with Gasteiger partial charge in [0.05, 0.1) is 18.7 Å². The summed E-state index contributed by atoms with van der Waals surface area (Å²) in [6, 6.07) is 4.36. The number of anilines is 1. The van der Waals surface area contributed by atoms with Crippen LogP contribution < -0.4 is 21.9 Å². The molecule has 0 aliphatic carbocycles. The number of nitrogens with two attached hydrogens (primary N) is 1. The number of hydrogen-bond acceptors (Lipinski definition) is 5. The molecule has 0 bridgehead atoms. The van der Waals surface area contributed by atoms with Crippen molar-refractivity contribution in [3.63, 3.8) is 0 Å². The van der Waals surface area contributed by atoms with E-state index in [9.17, 15) is 22.8 Å². The summed E-state index contributed by atoms with van der Waals surface area (Å²) in [5.74, 6) is 6.29. The molecule has 1 fully saturated rings. The Morgan fingerprint density at radius 2 is 1.88 bits per heavy atom. The van der Waals surface area contributed by atoms with Crippen molar-refractivity contribution in [2.45, 2.75) is 45.1 Å². The van der Waals surface area contributed by atoms with E-state index < -0.39 is 23.0 Å². The zero-order chi connectivity index (χ0) is 24.6. The maximum absolute atomic E-state index is 13.5. The highest BCUT2D eigenvalue weighted by molar-refractivity contribution is 5.75. The highest BCUT2D eigenvalue weighted by Crippen LogP contribution is 2.29. The van der Waals surface area contributed by atoms with Crippen LogP contribution in [-0.2, 0) is 26.3 Å². The quantitative estimate of drug-likeness (QED) is 0.584. The second kappa shape index (κ2) is 9.02. The first-order valence-electron chi connectivity index (χ1n) is 10.9. The van der Waals surface area contributed by atoms with Gasteiger partial charge in [-0.25, -0.2) is 4.79 Å². The fourth-order valence-electron chi connectivity index (χ4n) is 4.22. The molecule has 1 aromatic carbocycles. The van der Waals surface area contributed by atoms with E-state index in [-0.39, 0.29) is 30.3 Å². The lowest BCUT2D eigenvalue weighted by atomic mass is 10.1. The Morgan fingerprint density at radius 3 is 2.50 bits per heavy atom. The predicted molar refractivity (Wildman–Crippen MR) is 123 cm³/mol. The highest BCUT2D eigenvalue weighted by Gasteiger charge is 2.30. The van der Waals surface area contributed by atoms with Crippen molar-refractivity contribution < 1.29 is 13.2 Å². The number of imidazole rings is 1. The van der Waals surface area contributed by atoms with E-state index >= 15 is 0 Å². The van der Waals surface area contributed by atoms with Crippen LogP contribution in [-0.4, -0.2) is 37.8 Å². The lowest BCUT2D eigenvalue weighted by molar-refractivity contribution is -0.137. The van der Waals surface area contributed by atoms with Gasteiger partial charge >= 0.3 is 11.9 Å². The van der Waals surface area contributed by atoms with Crippen molar-refractivity contribution in [3.8, 4) is 11.8 Å². The van der Waals surface area contributed by atoms with Gasteiger partial charge in [-0.2, -0.15) is 18.2 Å².